The van der Waals surface area contributed by atoms with Crippen molar-refractivity contribution in [1.82, 2.24) is 0 Å². The molecule has 0 amide bonds. The van der Waals surface area contributed by atoms with Gasteiger partial charge in [0.05, 0.1) is 10.7 Å². The first-order chi connectivity index (χ1) is 7.59. The molecule has 0 saturated heterocycles. The molecule has 0 heterocycles. The van der Waals surface area contributed by atoms with Gasteiger partial charge >= 0.3 is 5.97 Å². The van der Waals surface area contributed by atoms with Crippen molar-refractivity contribution < 1.29 is 14.3 Å². The molecule has 0 unspecified atom stereocenters. The average molecular weight is 246 g/mol. The summed E-state index contributed by atoms with van der Waals surface area (Å²) in [5, 5.41) is 11.8. The molecule has 1 rings (SSSR count). The van der Waals surface area contributed by atoms with E-state index in [4.69, 9.17) is 16.7 Å². The number of rotatable bonds is 6. The molecule has 0 fully saturated rings. The zero-order valence-corrected chi connectivity index (χ0v) is 9.43. The van der Waals surface area contributed by atoms with Crippen molar-refractivity contribution >= 4 is 23.3 Å². The van der Waals surface area contributed by atoms with E-state index in [2.05, 4.69) is 5.32 Å². The molecular weight excluding hydrogens is 233 g/mol. The second-order valence-electron chi connectivity index (χ2n) is 3.40. The molecule has 0 aromatic heterocycles. The molecule has 0 atom stereocenters. The highest BCUT2D eigenvalue weighted by Crippen LogP contribution is 2.22. The van der Waals surface area contributed by atoms with Crippen LogP contribution in [0.3, 0.4) is 0 Å². The van der Waals surface area contributed by atoms with Crippen LogP contribution in [0, 0.1) is 5.82 Å². The number of halogens is 2. The maximum Gasteiger partial charge on any atom is 0.303 e. The molecule has 0 spiro atoms. The van der Waals surface area contributed by atoms with Gasteiger partial charge in [0.1, 0.15) is 5.82 Å². The van der Waals surface area contributed by atoms with Crippen LogP contribution in [0.15, 0.2) is 18.2 Å². The fourth-order valence-corrected chi connectivity index (χ4v) is 1.49. The standard InChI is InChI=1S/C11H13ClFNO2/c12-9-7-8(13)4-5-10(9)14-6-2-1-3-11(15)16/h4-5,7,14H,1-3,6H2,(H,15,16). The maximum atomic E-state index is 12.7. The summed E-state index contributed by atoms with van der Waals surface area (Å²) < 4.78 is 12.7. The first-order valence-electron chi connectivity index (χ1n) is 5.00. The van der Waals surface area contributed by atoms with Crippen LogP contribution in [0.5, 0.6) is 0 Å². The number of benzene rings is 1. The Morgan fingerprint density at radius 3 is 2.81 bits per heavy atom. The van der Waals surface area contributed by atoms with Crippen LogP contribution in [0.2, 0.25) is 5.02 Å². The molecule has 0 radical (unpaired) electrons. The molecule has 1 aromatic rings. The molecule has 3 nitrogen and oxygen atoms in total. The number of nitrogens with one attached hydrogen (secondary N) is 1. The minimum atomic E-state index is -0.792. The highest BCUT2D eigenvalue weighted by Gasteiger charge is 2.01. The fourth-order valence-electron chi connectivity index (χ4n) is 1.26. The SMILES string of the molecule is O=C(O)CCCCNc1ccc(F)cc1Cl. The van der Waals surface area contributed by atoms with Crippen LogP contribution in [0.1, 0.15) is 19.3 Å². The summed E-state index contributed by atoms with van der Waals surface area (Å²) in [6.07, 6.45) is 1.51. The third-order valence-electron chi connectivity index (χ3n) is 2.06. The molecule has 0 aliphatic rings. The van der Waals surface area contributed by atoms with Crippen molar-refractivity contribution in [1.29, 1.82) is 0 Å². The predicted molar refractivity (Wildman–Crippen MR) is 61.4 cm³/mol. The number of carboxylic acid groups (broad SMARTS) is 1. The van der Waals surface area contributed by atoms with Gasteiger partial charge in [-0.05, 0) is 31.0 Å². The predicted octanol–water partition coefficient (Wildman–Crippen LogP) is 3.15. The summed E-state index contributed by atoms with van der Waals surface area (Å²) in [6, 6.07) is 4.13. The first-order valence-corrected chi connectivity index (χ1v) is 5.38. The molecule has 0 bridgehead atoms. The maximum absolute atomic E-state index is 12.7. The van der Waals surface area contributed by atoms with Gasteiger partial charge in [-0.3, -0.25) is 4.79 Å². The number of unbranched alkanes of at least 4 members (excludes halogenated alkanes) is 1. The Hall–Kier alpha value is -1.29. The van der Waals surface area contributed by atoms with Crippen LogP contribution in [-0.4, -0.2) is 17.6 Å². The normalized spacial score (nSPS) is 10.1. The molecule has 0 aliphatic heterocycles. The van der Waals surface area contributed by atoms with Crippen molar-refractivity contribution in [3.8, 4) is 0 Å². The summed E-state index contributed by atoms with van der Waals surface area (Å²) in [4.78, 5) is 10.2. The topological polar surface area (TPSA) is 49.3 Å². The Kier molecular flexibility index (Phi) is 5.05. The minimum Gasteiger partial charge on any atom is -0.481 e. The molecule has 2 N–H and O–H groups in total. The van der Waals surface area contributed by atoms with Gasteiger partial charge in [0.15, 0.2) is 0 Å². The quantitative estimate of drug-likeness (QED) is 0.757. The zero-order chi connectivity index (χ0) is 12.0. The van der Waals surface area contributed by atoms with Crippen LogP contribution < -0.4 is 5.32 Å². The van der Waals surface area contributed by atoms with E-state index in [0.29, 0.717) is 23.7 Å². The summed E-state index contributed by atoms with van der Waals surface area (Å²) in [6.45, 7) is 0.624. The average Bonchev–Trinajstić information content (AvgIpc) is 2.20. The largest absolute Gasteiger partial charge is 0.481 e. The van der Waals surface area contributed by atoms with E-state index in [9.17, 15) is 9.18 Å². The van der Waals surface area contributed by atoms with E-state index < -0.39 is 5.97 Å². The molecular formula is C11H13ClFNO2. The highest BCUT2D eigenvalue weighted by molar-refractivity contribution is 6.33. The Bertz CT molecular complexity index is 371. The summed E-state index contributed by atoms with van der Waals surface area (Å²) in [5.74, 6) is -1.17. The lowest BCUT2D eigenvalue weighted by atomic mass is 10.2. The van der Waals surface area contributed by atoms with Crippen molar-refractivity contribution in [2.45, 2.75) is 19.3 Å². The van der Waals surface area contributed by atoms with E-state index >= 15 is 0 Å². The molecule has 88 valence electrons. The number of carbonyl (C=O) groups is 1. The number of carboxylic acids is 1. The van der Waals surface area contributed by atoms with Crippen LogP contribution >= 0.6 is 11.6 Å². The Morgan fingerprint density at radius 1 is 1.44 bits per heavy atom. The number of anilines is 1. The highest BCUT2D eigenvalue weighted by atomic mass is 35.5. The summed E-state index contributed by atoms with van der Waals surface area (Å²) in [7, 11) is 0. The second kappa shape index (κ2) is 6.33. The lowest BCUT2D eigenvalue weighted by molar-refractivity contribution is -0.137. The van der Waals surface area contributed by atoms with Crippen LogP contribution in [0.25, 0.3) is 0 Å². The first kappa shape index (κ1) is 12.8. The Labute approximate surface area is 98.2 Å². The lowest BCUT2D eigenvalue weighted by Gasteiger charge is -2.07. The van der Waals surface area contributed by atoms with Gasteiger partial charge in [0.2, 0.25) is 0 Å². The van der Waals surface area contributed by atoms with Gasteiger partial charge in [-0.25, -0.2) is 4.39 Å². The van der Waals surface area contributed by atoms with Crippen LogP contribution in [0.4, 0.5) is 10.1 Å². The summed E-state index contributed by atoms with van der Waals surface area (Å²) >= 11 is 5.80. The Morgan fingerprint density at radius 2 is 2.19 bits per heavy atom. The van der Waals surface area contributed by atoms with Gasteiger partial charge in [-0.15, -0.1) is 0 Å². The van der Waals surface area contributed by atoms with Gasteiger partial charge in [0, 0.05) is 13.0 Å². The molecule has 0 aliphatic carbocycles. The van der Waals surface area contributed by atoms with E-state index in [1.54, 1.807) is 6.07 Å². The summed E-state index contributed by atoms with van der Waals surface area (Å²) in [5.41, 5.74) is 0.665. The van der Waals surface area contributed by atoms with Crippen molar-refractivity contribution in [3.63, 3.8) is 0 Å². The van der Waals surface area contributed by atoms with Crippen molar-refractivity contribution in [2.24, 2.45) is 0 Å². The monoisotopic (exact) mass is 245 g/mol. The van der Waals surface area contributed by atoms with Gasteiger partial charge in [-0.2, -0.15) is 0 Å². The number of hydrogen-bond acceptors (Lipinski definition) is 2. The third-order valence-corrected chi connectivity index (χ3v) is 2.38. The Balaban J connectivity index is 2.29. The zero-order valence-electron chi connectivity index (χ0n) is 8.67. The van der Waals surface area contributed by atoms with E-state index in [1.165, 1.54) is 12.1 Å². The fraction of sp³-hybridized carbons (Fsp3) is 0.364. The molecule has 1 aromatic carbocycles. The number of aliphatic carboxylic acids is 1. The van der Waals surface area contributed by atoms with Crippen molar-refractivity contribution in [2.75, 3.05) is 11.9 Å². The third kappa shape index (κ3) is 4.49. The molecule has 0 saturated carbocycles. The lowest BCUT2D eigenvalue weighted by Crippen LogP contribution is -2.03. The van der Waals surface area contributed by atoms with Gasteiger partial charge in [0.25, 0.3) is 0 Å². The molecule has 5 heteroatoms. The van der Waals surface area contributed by atoms with Gasteiger partial charge < -0.3 is 10.4 Å². The van der Waals surface area contributed by atoms with Crippen molar-refractivity contribution in [3.05, 3.63) is 29.0 Å². The van der Waals surface area contributed by atoms with E-state index in [0.717, 1.165) is 6.42 Å². The smallest absolute Gasteiger partial charge is 0.303 e. The number of hydrogen-bond donors (Lipinski definition) is 2. The van der Waals surface area contributed by atoms with Crippen LogP contribution in [-0.2, 0) is 4.79 Å². The second-order valence-corrected chi connectivity index (χ2v) is 3.81. The minimum absolute atomic E-state index is 0.166. The van der Waals surface area contributed by atoms with Gasteiger partial charge in [-0.1, -0.05) is 11.6 Å². The van der Waals surface area contributed by atoms with E-state index in [1.807, 2.05) is 0 Å². The van der Waals surface area contributed by atoms with E-state index in [-0.39, 0.29) is 12.2 Å². The molecule has 16 heavy (non-hydrogen) atoms.